The number of nitrogens with one attached hydrogen (secondary N) is 2. The zero-order valence-corrected chi connectivity index (χ0v) is 16.3. The average molecular weight is 398 g/mol. The Morgan fingerprint density at radius 1 is 1.36 bits per heavy atom. The molecule has 1 aromatic rings. The lowest BCUT2D eigenvalue weighted by Gasteiger charge is -2.35. The summed E-state index contributed by atoms with van der Waals surface area (Å²) in [6, 6.07) is 9.11. The maximum absolute atomic E-state index is 12.6. The van der Waals surface area contributed by atoms with Gasteiger partial charge in [-0.15, -0.1) is 0 Å². The number of amides is 2. The van der Waals surface area contributed by atoms with Crippen molar-refractivity contribution in [3.8, 4) is 23.6 Å². The number of hydrogen-bond donors (Lipinski definition) is 2. The Hall–Kier alpha value is -3.17. The van der Waals surface area contributed by atoms with Crippen LogP contribution in [0.2, 0.25) is 0 Å². The van der Waals surface area contributed by atoms with Gasteiger partial charge in [-0.05, 0) is 19.1 Å². The molecule has 0 aliphatic carbocycles. The minimum atomic E-state index is -0.968. The highest BCUT2D eigenvalue weighted by Gasteiger charge is 2.45. The van der Waals surface area contributed by atoms with Gasteiger partial charge in [-0.3, -0.25) is 9.59 Å². The highest BCUT2D eigenvalue weighted by atomic mass is 32.2. The summed E-state index contributed by atoms with van der Waals surface area (Å²) in [4.78, 5) is 24.8. The van der Waals surface area contributed by atoms with Crippen LogP contribution in [0.1, 0.15) is 20.8 Å². The molecule has 0 radical (unpaired) electrons. The zero-order valence-electron chi connectivity index (χ0n) is 15.5. The van der Waals surface area contributed by atoms with E-state index < -0.39 is 22.5 Å². The third-order valence-corrected chi connectivity index (χ3v) is 5.75. The Balaban J connectivity index is 1.76. The first-order valence-electron chi connectivity index (χ1n) is 8.50. The van der Waals surface area contributed by atoms with Gasteiger partial charge in [0.1, 0.15) is 5.92 Å². The second kappa shape index (κ2) is 7.45. The molecule has 0 spiro atoms. The van der Waals surface area contributed by atoms with E-state index in [0.717, 1.165) is 11.8 Å². The molecule has 2 heterocycles. The summed E-state index contributed by atoms with van der Waals surface area (Å²) < 4.78 is 10.5. The van der Waals surface area contributed by atoms with Crippen LogP contribution in [-0.2, 0) is 9.59 Å². The number of hydrogen-bond acceptors (Lipinski definition) is 7. The molecule has 2 aliphatic rings. The average Bonchev–Trinajstić information content (AvgIpc) is 3.09. The number of nitrogens with zero attached hydrogens (tertiary/aromatic N) is 2. The van der Waals surface area contributed by atoms with Crippen LogP contribution in [0.25, 0.3) is 0 Å². The second-order valence-electron chi connectivity index (χ2n) is 6.91. The van der Waals surface area contributed by atoms with Gasteiger partial charge in [-0.2, -0.15) is 10.5 Å². The summed E-state index contributed by atoms with van der Waals surface area (Å²) in [5, 5.41) is 23.9. The van der Waals surface area contributed by atoms with Crippen LogP contribution < -0.4 is 20.1 Å². The second-order valence-corrected chi connectivity index (χ2v) is 8.26. The van der Waals surface area contributed by atoms with E-state index >= 15 is 0 Å². The number of allylic oxidation sites excluding steroid dienone is 1. The number of benzene rings is 1. The van der Waals surface area contributed by atoms with Gasteiger partial charge in [-0.25, -0.2) is 0 Å². The summed E-state index contributed by atoms with van der Waals surface area (Å²) in [7, 11) is 0. The SMILES string of the molecule is C[C@@H](SC1=C(C#N)C(C)(C)[C@@H](C#N)C(=O)N1)C(=O)Nc1ccc2c(c1)OCO2. The number of carbonyl (C=O) groups is 2. The molecular formula is C19H18N4O4S. The molecule has 2 aliphatic heterocycles. The molecule has 3 rings (SSSR count). The van der Waals surface area contributed by atoms with E-state index in [2.05, 4.69) is 16.7 Å². The predicted octanol–water partition coefficient (Wildman–Crippen LogP) is 2.51. The van der Waals surface area contributed by atoms with Crippen molar-refractivity contribution in [2.24, 2.45) is 11.3 Å². The van der Waals surface area contributed by atoms with Gasteiger partial charge in [0.2, 0.25) is 18.6 Å². The van der Waals surface area contributed by atoms with Crippen molar-refractivity contribution in [3.05, 3.63) is 28.8 Å². The van der Waals surface area contributed by atoms with Crippen molar-refractivity contribution in [2.45, 2.75) is 26.0 Å². The summed E-state index contributed by atoms with van der Waals surface area (Å²) in [5.74, 6) is -0.579. The summed E-state index contributed by atoms with van der Waals surface area (Å²) in [6.07, 6.45) is 0. The van der Waals surface area contributed by atoms with E-state index in [1.807, 2.05) is 6.07 Å². The summed E-state index contributed by atoms with van der Waals surface area (Å²) in [5.41, 5.74) is -0.109. The molecule has 0 aromatic heterocycles. The van der Waals surface area contributed by atoms with Crippen molar-refractivity contribution in [1.29, 1.82) is 10.5 Å². The monoisotopic (exact) mass is 398 g/mol. The van der Waals surface area contributed by atoms with Crippen molar-refractivity contribution >= 4 is 29.3 Å². The van der Waals surface area contributed by atoms with Gasteiger partial charge in [-0.1, -0.05) is 25.6 Å². The fourth-order valence-electron chi connectivity index (χ4n) is 2.96. The lowest BCUT2D eigenvalue weighted by atomic mass is 9.72. The Kier molecular flexibility index (Phi) is 5.21. The minimum absolute atomic E-state index is 0.142. The van der Waals surface area contributed by atoms with Crippen LogP contribution in [0.4, 0.5) is 5.69 Å². The maximum atomic E-state index is 12.6. The first kappa shape index (κ1) is 19.6. The molecule has 9 heteroatoms. The number of nitriles is 2. The van der Waals surface area contributed by atoms with E-state index in [1.165, 1.54) is 0 Å². The van der Waals surface area contributed by atoms with Crippen molar-refractivity contribution in [2.75, 3.05) is 12.1 Å². The number of thioether (sulfide) groups is 1. The number of rotatable bonds is 4. The third-order valence-electron chi connectivity index (χ3n) is 4.64. The molecule has 144 valence electrons. The van der Waals surface area contributed by atoms with Gasteiger partial charge in [0, 0.05) is 17.2 Å². The molecule has 2 atom stereocenters. The molecular weight excluding hydrogens is 380 g/mol. The van der Waals surface area contributed by atoms with E-state index in [-0.39, 0.29) is 18.3 Å². The fraction of sp³-hybridized carbons (Fsp3) is 0.368. The van der Waals surface area contributed by atoms with E-state index in [9.17, 15) is 20.1 Å². The van der Waals surface area contributed by atoms with Gasteiger partial charge in [0.25, 0.3) is 0 Å². The van der Waals surface area contributed by atoms with Gasteiger partial charge in [0.15, 0.2) is 11.5 Å². The van der Waals surface area contributed by atoms with Gasteiger partial charge < -0.3 is 20.1 Å². The van der Waals surface area contributed by atoms with Crippen molar-refractivity contribution in [1.82, 2.24) is 5.32 Å². The Morgan fingerprint density at radius 3 is 2.75 bits per heavy atom. The normalized spacial score (nSPS) is 20.6. The minimum Gasteiger partial charge on any atom is -0.454 e. The van der Waals surface area contributed by atoms with Crippen LogP contribution in [0.15, 0.2) is 28.8 Å². The standard InChI is InChI=1S/C19H18N4O4S/c1-10(16(24)22-11-4-5-14-15(6-11)27-9-26-14)28-18-13(8-21)19(2,3)12(7-20)17(25)23-18/h4-6,10,12H,9H2,1-3H3,(H,22,24)(H,23,25)/t10-,12+/m1/s1. The molecule has 1 aromatic carbocycles. The summed E-state index contributed by atoms with van der Waals surface area (Å²) >= 11 is 1.07. The molecule has 0 saturated carbocycles. The van der Waals surface area contributed by atoms with Gasteiger partial charge >= 0.3 is 0 Å². The fourth-order valence-corrected chi connectivity index (χ4v) is 4.07. The molecule has 0 saturated heterocycles. The van der Waals surface area contributed by atoms with E-state index in [1.54, 1.807) is 39.0 Å². The molecule has 0 unspecified atom stereocenters. The Bertz CT molecular complexity index is 958. The molecule has 8 nitrogen and oxygen atoms in total. The van der Waals surface area contributed by atoms with Crippen LogP contribution in [0.3, 0.4) is 0 Å². The van der Waals surface area contributed by atoms with Crippen LogP contribution >= 0.6 is 11.8 Å². The molecule has 28 heavy (non-hydrogen) atoms. The maximum Gasteiger partial charge on any atom is 0.243 e. The molecule has 2 amide bonds. The Morgan fingerprint density at radius 2 is 2.07 bits per heavy atom. The molecule has 2 N–H and O–H groups in total. The summed E-state index contributed by atoms with van der Waals surface area (Å²) in [6.45, 7) is 5.17. The first-order chi connectivity index (χ1) is 13.3. The predicted molar refractivity (Wildman–Crippen MR) is 102 cm³/mol. The largest absolute Gasteiger partial charge is 0.454 e. The van der Waals surface area contributed by atoms with Crippen molar-refractivity contribution in [3.63, 3.8) is 0 Å². The topological polar surface area (TPSA) is 124 Å². The number of anilines is 1. The van der Waals surface area contributed by atoms with Crippen LogP contribution in [0.5, 0.6) is 11.5 Å². The van der Waals surface area contributed by atoms with Crippen LogP contribution in [-0.4, -0.2) is 23.9 Å². The first-order valence-corrected chi connectivity index (χ1v) is 9.38. The number of fused-ring (bicyclic) bond motifs is 1. The van der Waals surface area contributed by atoms with Crippen LogP contribution in [0, 0.1) is 34.0 Å². The van der Waals surface area contributed by atoms with Gasteiger partial charge in [0.05, 0.1) is 28.0 Å². The molecule has 0 bridgehead atoms. The lowest BCUT2D eigenvalue weighted by Crippen LogP contribution is -2.45. The highest BCUT2D eigenvalue weighted by molar-refractivity contribution is 8.04. The smallest absolute Gasteiger partial charge is 0.243 e. The third kappa shape index (κ3) is 3.49. The highest BCUT2D eigenvalue weighted by Crippen LogP contribution is 2.42. The number of ether oxygens (including phenoxy) is 2. The number of carbonyl (C=O) groups excluding carboxylic acids is 2. The Labute approximate surface area is 166 Å². The zero-order chi connectivity index (χ0) is 20.5. The quantitative estimate of drug-likeness (QED) is 0.798. The lowest BCUT2D eigenvalue weighted by molar-refractivity contribution is -0.125. The van der Waals surface area contributed by atoms with Crippen molar-refractivity contribution < 1.29 is 19.1 Å². The van der Waals surface area contributed by atoms with E-state index in [0.29, 0.717) is 22.2 Å². The van der Waals surface area contributed by atoms with E-state index in [4.69, 9.17) is 9.47 Å². The molecule has 0 fully saturated rings.